The number of pyridine rings is 1. The minimum atomic E-state index is 0.961. The van der Waals surface area contributed by atoms with Gasteiger partial charge in [-0.1, -0.05) is 6.07 Å². The Labute approximate surface area is 101 Å². The molecule has 3 heterocycles. The molecule has 1 N–H and O–H groups in total. The predicted octanol–water partition coefficient (Wildman–Crippen LogP) is 1.05. The van der Waals surface area contributed by atoms with Crippen molar-refractivity contribution in [3.63, 3.8) is 0 Å². The van der Waals surface area contributed by atoms with Crippen LogP contribution in [0.2, 0.25) is 0 Å². The van der Waals surface area contributed by atoms with Crippen LogP contribution >= 0.6 is 0 Å². The molecule has 90 valence electrons. The van der Waals surface area contributed by atoms with E-state index in [4.69, 9.17) is 4.98 Å². The van der Waals surface area contributed by atoms with Crippen molar-refractivity contribution < 1.29 is 0 Å². The molecule has 0 radical (unpaired) electrons. The van der Waals surface area contributed by atoms with Crippen LogP contribution in [0.5, 0.6) is 0 Å². The van der Waals surface area contributed by atoms with Gasteiger partial charge in [0.15, 0.2) is 0 Å². The van der Waals surface area contributed by atoms with Crippen molar-refractivity contribution in [3.8, 4) is 0 Å². The number of nitrogens with zero attached hydrogens (tertiary/aromatic N) is 3. The highest BCUT2D eigenvalue weighted by Crippen LogP contribution is 2.11. The van der Waals surface area contributed by atoms with Crippen molar-refractivity contribution in [1.29, 1.82) is 0 Å². The Morgan fingerprint density at radius 2 is 2.18 bits per heavy atom. The summed E-state index contributed by atoms with van der Waals surface area (Å²) < 4.78 is 2.12. The van der Waals surface area contributed by atoms with Gasteiger partial charge in [0.1, 0.15) is 5.65 Å². The molecule has 2 aromatic heterocycles. The van der Waals surface area contributed by atoms with Gasteiger partial charge in [-0.3, -0.25) is 4.90 Å². The zero-order valence-corrected chi connectivity index (χ0v) is 10.2. The third-order valence-corrected chi connectivity index (χ3v) is 3.32. The van der Waals surface area contributed by atoms with E-state index in [0.717, 1.165) is 38.4 Å². The summed E-state index contributed by atoms with van der Waals surface area (Å²) in [6.07, 6.45) is 4.21. The van der Waals surface area contributed by atoms with E-state index in [-0.39, 0.29) is 0 Å². The van der Waals surface area contributed by atoms with Gasteiger partial charge in [-0.05, 0) is 18.6 Å². The van der Waals surface area contributed by atoms with Gasteiger partial charge in [0.2, 0.25) is 0 Å². The Morgan fingerprint density at radius 3 is 2.94 bits per heavy atom. The van der Waals surface area contributed by atoms with Crippen LogP contribution < -0.4 is 5.32 Å². The Bertz CT molecular complexity index is 511. The molecule has 17 heavy (non-hydrogen) atoms. The third-order valence-electron chi connectivity index (χ3n) is 3.32. The number of nitrogens with one attached hydrogen (secondary N) is 1. The van der Waals surface area contributed by atoms with Gasteiger partial charge in [0, 0.05) is 45.1 Å². The SMILES string of the molecule is Cc1cccn2cc(CN3CCNCC3)nc12. The fourth-order valence-corrected chi connectivity index (χ4v) is 2.38. The predicted molar refractivity (Wildman–Crippen MR) is 68.1 cm³/mol. The topological polar surface area (TPSA) is 32.6 Å². The van der Waals surface area contributed by atoms with Crippen molar-refractivity contribution in [2.75, 3.05) is 26.2 Å². The Balaban J connectivity index is 1.83. The molecule has 1 saturated heterocycles. The second kappa shape index (κ2) is 4.47. The third kappa shape index (κ3) is 2.18. The first kappa shape index (κ1) is 10.7. The van der Waals surface area contributed by atoms with E-state index in [1.54, 1.807) is 0 Å². The van der Waals surface area contributed by atoms with E-state index in [1.807, 2.05) is 0 Å². The first-order valence-electron chi connectivity index (χ1n) is 6.19. The molecule has 1 aliphatic heterocycles. The van der Waals surface area contributed by atoms with E-state index in [0.29, 0.717) is 0 Å². The van der Waals surface area contributed by atoms with E-state index in [1.165, 1.54) is 11.3 Å². The zero-order chi connectivity index (χ0) is 11.7. The van der Waals surface area contributed by atoms with Gasteiger partial charge in [-0.15, -0.1) is 0 Å². The summed E-state index contributed by atoms with van der Waals surface area (Å²) in [6.45, 7) is 7.48. The molecular formula is C13H18N4. The Kier molecular flexibility index (Phi) is 2.82. The molecule has 0 saturated carbocycles. The van der Waals surface area contributed by atoms with Gasteiger partial charge < -0.3 is 9.72 Å². The van der Waals surface area contributed by atoms with Gasteiger partial charge in [0.05, 0.1) is 5.69 Å². The summed E-state index contributed by atoms with van der Waals surface area (Å²) in [7, 11) is 0. The maximum absolute atomic E-state index is 4.71. The largest absolute Gasteiger partial charge is 0.314 e. The standard InChI is InChI=1S/C13H18N4/c1-11-3-2-6-17-10-12(15-13(11)17)9-16-7-4-14-5-8-16/h2-3,6,10,14H,4-5,7-9H2,1H3. The summed E-state index contributed by atoms with van der Waals surface area (Å²) in [6, 6.07) is 4.18. The van der Waals surface area contributed by atoms with Crippen LogP contribution in [0, 0.1) is 6.92 Å². The smallest absolute Gasteiger partial charge is 0.139 e. The van der Waals surface area contributed by atoms with Crippen LogP contribution in [0.1, 0.15) is 11.3 Å². The number of hydrogen-bond acceptors (Lipinski definition) is 3. The average Bonchev–Trinajstić information content (AvgIpc) is 2.74. The Morgan fingerprint density at radius 1 is 1.35 bits per heavy atom. The van der Waals surface area contributed by atoms with Crippen LogP contribution in [0.15, 0.2) is 24.5 Å². The van der Waals surface area contributed by atoms with E-state index >= 15 is 0 Å². The fraction of sp³-hybridized carbons (Fsp3) is 0.462. The van der Waals surface area contributed by atoms with E-state index in [2.05, 4.69) is 46.1 Å². The second-order valence-electron chi connectivity index (χ2n) is 4.68. The van der Waals surface area contributed by atoms with Crippen molar-refractivity contribution in [2.45, 2.75) is 13.5 Å². The maximum Gasteiger partial charge on any atom is 0.139 e. The van der Waals surface area contributed by atoms with Crippen LogP contribution in [0.4, 0.5) is 0 Å². The van der Waals surface area contributed by atoms with Crippen molar-refractivity contribution in [2.24, 2.45) is 0 Å². The second-order valence-corrected chi connectivity index (χ2v) is 4.68. The van der Waals surface area contributed by atoms with Crippen molar-refractivity contribution in [3.05, 3.63) is 35.8 Å². The fourth-order valence-electron chi connectivity index (χ4n) is 2.38. The first-order chi connectivity index (χ1) is 8.33. The number of rotatable bonds is 2. The number of fused-ring (bicyclic) bond motifs is 1. The number of piperazine rings is 1. The molecule has 2 aromatic rings. The lowest BCUT2D eigenvalue weighted by Gasteiger charge is -2.26. The minimum Gasteiger partial charge on any atom is -0.314 e. The summed E-state index contributed by atoms with van der Waals surface area (Å²) in [4.78, 5) is 7.16. The molecule has 0 amide bonds. The molecule has 1 fully saturated rings. The summed E-state index contributed by atoms with van der Waals surface area (Å²) in [5.41, 5.74) is 3.48. The lowest BCUT2D eigenvalue weighted by molar-refractivity contribution is 0.231. The molecule has 3 rings (SSSR count). The van der Waals surface area contributed by atoms with Crippen molar-refractivity contribution >= 4 is 5.65 Å². The summed E-state index contributed by atoms with van der Waals surface area (Å²) >= 11 is 0. The van der Waals surface area contributed by atoms with Gasteiger partial charge >= 0.3 is 0 Å². The first-order valence-corrected chi connectivity index (χ1v) is 6.19. The highest BCUT2D eigenvalue weighted by molar-refractivity contribution is 5.47. The molecule has 4 heteroatoms. The van der Waals surface area contributed by atoms with Crippen molar-refractivity contribution in [1.82, 2.24) is 19.6 Å². The van der Waals surface area contributed by atoms with Crippen LogP contribution in [0.3, 0.4) is 0 Å². The van der Waals surface area contributed by atoms with E-state index < -0.39 is 0 Å². The molecule has 4 nitrogen and oxygen atoms in total. The average molecular weight is 230 g/mol. The number of aryl methyl sites for hydroxylation is 1. The highest BCUT2D eigenvalue weighted by atomic mass is 15.2. The van der Waals surface area contributed by atoms with E-state index in [9.17, 15) is 0 Å². The van der Waals surface area contributed by atoms with Gasteiger partial charge in [-0.25, -0.2) is 4.98 Å². The van der Waals surface area contributed by atoms with Crippen LogP contribution in [-0.2, 0) is 6.54 Å². The Hall–Kier alpha value is -1.39. The van der Waals surface area contributed by atoms with Gasteiger partial charge in [0.25, 0.3) is 0 Å². The number of aromatic nitrogens is 2. The number of hydrogen-bond donors (Lipinski definition) is 1. The molecule has 0 atom stereocenters. The zero-order valence-electron chi connectivity index (χ0n) is 10.2. The monoisotopic (exact) mass is 230 g/mol. The normalized spacial score (nSPS) is 17.7. The molecule has 0 aromatic carbocycles. The van der Waals surface area contributed by atoms with Crippen LogP contribution in [0.25, 0.3) is 5.65 Å². The molecule has 0 bridgehead atoms. The highest BCUT2D eigenvalue weighted by Gasteiger charge is 2.12. The van der Waals surface area contributed by atoms with Gasteiger partial charge in [-0.2, -0.15) is 0 Å². The molecule has 0 spiro atoms. The van der Waals surface area contributed by atoms with Crippen LogP contribution in [-0.4, -0.2) is 40.5 Å². The molecule has 0 unspecified atom stereocenters. The lowest BCUT2D eigenvalue weighted by Crippen LogP contribution is -2.42. The minimum absolute atomic E-state index is 0.961. The molecule has 0 aliphatic carbocycles. The summed E-state index contributed by atoms with van der Waals surface area (Å²) in [5.74, 6) is 0. The molecular weight excluding hydrogens is 212 g/mol. The lowest BCUT2D eigenvalue weighted by atomic mass is 10.3. The summed E-state index contributed by atoms with van der Waals surface area (Å²) in [5, 5.41) is 3.37. The molecule has 1 aliphatic rings. The quantitative estimate of drug-likeness (QED) is 0.837. The maximum atomic E-state index is 4.71. The number of imidazole rings is 1.